The first-order valence-electron chi connectivity index (χ1n) is 9.76. The summed E-state index contributed by atoms with van der Waals surface area (Å²) in [7, 11) is 1.58. The number of aromatic nitrogens is 3. The van der Waals surface area contributed by atoms with Gasteiger partial charge in [0, 0.05) is 37.3 Å². The number of methoxy groups -OCH3 is 1. The summed E-state index contributed by atoms with van der Waals surface area (Å²) in [5, 5.41) is 3.21. The summed E-state index contributed by atoms with van der Waals surface area (Å²) in [6, 6.07) is 12.6. The van der Waals surface area contributed by atoms with Crippen molar-refractivity contribution < 1.29 is 9.53 Å². The number of aromatic amines is 1. The molecule has 0 saturated carbocycles. The lowest BCUT2D eigenvalue weighted by atomic mass is 10.0. The maximum absolute atomic E-state index is 12.7. The van der Waals surface area contributed by atoms with E-state index in [0.717, 1.165) is 11.3 Å². The maximum atomic E-state index is 12.7. The first-order valence-corrected chi connectivity index (χ1v) is 9.76. The van der Waals surface area contributed by atoms with Crippen LogP contribution in [0.4, 0.5) is 11.6 Å². The van der Waals surface area contributed by atoms with Crippen LogP contribution in [0.3, 0.4) is 0 Å². The molecule has 1 saturated heterocycles. The second-order valence-electron chi connectivity index (χ2n) is 7.25. The zero-order valence-corrected chi connectivity index (χ0v) is 16.8. The van der Waals surface area contributed by atoms with E-state index in [9.17, 15) is 9.59 Å². The molecule has 2 aromatic heterocycles. The molecule has 3 heterocycles. The molecule has 0 radical (unpaired) electrons. The van der Waals surface area contributed by atoms with Crippen molar-refractivity contribution in [1.82, 2.24) is 15.0 Å². The average molecular weight is 405 g/mol. The molecule has 8 heteroatoms. The van der Waals surface area contributed by atoms with Crippen molar-refractivity contribution in [2.45, 2.75) is 25.3 Å². The number of ether oxygens (including phenoxy) is 1. The Morgan fingerprint density at radius 3 is 2.83 bits per heavy atom. The number of nitrogens with one attached hydrogen (secondary N) is 2. The molecule has 0 unspecified atom stereocenters. The number of benzene rings is 1. The SMILES string of the molecule is COc1ccccc1N1C[C@@H](c2cc(=O)[nH]c(N[C@@H](C)c3cccnc3)n2)CC1=O. The molecule has 1 aromatic carbocycles. The lowest BCUT2D eigenvalue weighted by molar-refractivity contribution is -0.117. The van der Waals surface area contributed by atoms with Crippen LogP contribution < -0.4 is 20.5 Å². The third kappa shape index (κ3) is 4.03. The molecule has 1 aliphatic rings. The van der Waals surface area contributed by atoms with Gasteiger partial charge >= 0.3 is 0 Å². The topological polar surface area (TPSA) is 100 Å². The van der Waals surface area contributed by atoms with Crippen molar-refractivity contribution in [1.29, 1.82) is 0 Å². The van der Waals surface area contributed by atoms with E-state index in [4.69, 9.17) is 4.74 Å². The molecule has 8 nitrogen and oxygen atoms in total. The van der Waals surface area contributed by atoms with E-state index in [1.165, 1.54) is 6.07 Å². The van der Waals surface area contributed by atoms with Crippen LogP contribution in [-0.2, 0) is 4.79 Å². The van der Waals surface area contributed by atoms with Crippen LogP contribution in [0.25, 0.3) is 0 Å². The number of rotatable bonds is 6. The summed E-state index contributed by atoms with van der Waals surface area (Å²) < 4.78 is 5.39. The highest BCUT2D eigenvalue weighted by Gasteiger charge is 2.34. The Bertz CT molecular complexity index is 1100. The van der Waals surface area contributed by atoms with E-state index in [0.29, 0.717) is 23.9 Å². The average Bonchev–Trinajstić information content (AvgIpc) is 3.15. The zero-order valence-electron chi connectivity index (χ0n) is 16.8. The number of anilines is 2. The van der Waals surface area contributed by atoms with Crippen LogP contribution >= 0.6 is 0 Å². The van der Waals surface area contributed by atoms with Gasteiger partial charge in [0.15, 0.2) is 0 Å². The van der Waals surface area contributed by atoms with Gasteiger partial charge in [0.25, 0.3) is 5.56 Å². The molecular weight excluding hydrogens is 382 g/mol. The highest BCUT2D eigenvalue weighted by Crippen LogP contribution is 2.35. The fraction of sp³-hybridized carbons (Fsp3) is 0.273. The van der Waals surface area contributed by atoms with Gasteiger partial charge in [-0.1, -0.05) is 18.2 Å². The molecule has 1 fully saturated rings. The number of H-pyrrole nitrogens is 1. The van der Waals surface area contributed by atoms with Crippen molar-refractivity contribution in [3.63, 3.8) is 0 Å². The molecule has 4 rings (SSSR count). The normalized spacial score (nSPS) is 17.1. The largest absolute Gasteiger partial charge is 0.495 e. The number of carbonyl (C=O) groups excluding carboxylic acids is 1. The molecule has 0 spiro atoms. The summed E-state index contributed by atoms with van der Waals surface area (Å²) in [4.78, 5) is 38.1. The smallest absolute Gasteiger partial charge is 0.252 e. The van der Waals surface area contributed by atoms with Crippen molar-refractivity contribution in [2.24, 2.45) is 0 Å². The van der Waals surface area contributed by atoms with E-state index in [-0.39, 0.29) is 29.8 Å². The molecule has 2 atom stereocenters. The molecule has 1 amide bonds. The van der Waals surface area contributed by atoms with E-state index in [1.54, 1.807) is 24.4 Å². The van der Waals surface area contributed by atoms with Crippen molar-refractivity contribution in [3.05, 3.63) is 76.5 Å². The fourth-order valence-corrected chi connectivity index (χ4v) is 3.67. The van der Waals surface area contributed by atoms with E-state index in [2.05, 4.69) is 20.3 Å². The summed E-state index contributed by atoms with van der Waals surface area (Å²) in [6.07, 6.45) is 3.76. The van der Waals surface area contributed by atoms with Crippen LogP contribution in [0, 0.1) is 0 Å². The minimum atomic E-state index is -0.260. The number of nitrogens with zero attached hydrogens (tertiary/aromatic N) is 3. The van der Waals surface area contributed by atoms with Gasteiger partial charge < -0.3 is 15.0 Å². The highest BCUT2D eigenvalue weighted by molar-refractivity contribution is 5.97. The Morgan fingerprint density at radius 2 is 2.07 bits per heavy atom. The number of para-hydroxylation sites is 2. The predicted octanol–water partition coefficient (Wildman–Crippen LogP) is 2.87. The lowest BCUT2D eigenvalue weighted by Crippen LogP contribution is -2.25. The second-order valence-corrected chi connectivity index (χ2v) is 7.25. The third-order valence-electron chi connectivity index (χ3n) is 5.22. The number of hydrogen-bond acceptors (Lipinski definition) is 6. The van der Waals surface area contributed by atoms with Gasteiger partial charge in [-0.3, -0.25) is 19.6 Å². The molecule has 0 aliphatic carbocycles. The first-order chi connectivity index (χ1) is 14.5. The van der Waals surface area contributed by atoms with Gasteiger partial charge in [0.2, 0.25) is 11.9 Å². The van der Waals surface area contributed by atoms with Crippen LogP contribution in [0.15, 0.2) is 59.7 Å². The van der Waals surface area contributed by atoms with Gasteiger partial charge in [-0.2, -0.15) is 0 Å². The Kier molecular flexibility index (Phi) is 5.47. The predicted molar refractivity (Wildman–Crippen MR) is 114 cm³/mol. The molecule has 3 aromatic rings. The Morgan fingerprint density at radius 1 is 1.23 bits per heavy atom. The molecule has 154 valence electrons. The summed E-state index contributed by atoms with van der Waals surface area (Å²) >= 11 is 0. The lowest BCUT2D eigenvalue weighted by Gasteiger charge is -2.19. The summed E-state index contributed by atoms with van der Waals surface area (Å²) in [6.45, 7) is 2.40. The zero-order chi connectivity index (χ0) is 21.1. The fourth-order valence-electron chi connectivity index (χ4n) is 3.67. The molecular formula is C22H23N5O3. The van der Waals surface area contributed by atoms with Gasteiger partial charge in [-0.15, -0.1) is 0 Å². The first kappa shape index (κ1) is 19.6. The summed E-state index contributed by atoms with van der Waals surface area (Å²) in [5.41, 5.74) is 2.03. The van der Waals surface area contributed by atoms with Crippen LogP contribution in [-0.4, -0.2) is 34.5 Å². The van der Waals surface area contributed by atoms with Crippen LogP contribution in [0.1, 0.15) is 36.6 Å². The van der Waals surface area contributed by atoms with Gasteiger partial charge in [0.05, 0.1) is 24.5 Å². The Labute approximate surface area is 173 Å². The number of amides is 1. The monoisotopic (exact) mass is 405 g/mol. The maximum Gasteiger partial charge on any atom is 0.252 e. The van der Waals surface area contributed by atoms with Crippen molar-refractivity contribution in [3.8, 4) is 5.75 Å². The Balaban J connectivity index is 1.56. The highest BCUT2D eigenvalue weighted by atomic mass is 16.5. The van der Waals surface area contributed by atoms with Gasteiger partial charge in [-0.05, 0) is 30.7 Å². The number of hydrogen-bond donors (Lipinski definition) is 2. The quantitative estimate of drug-likeness (QED) is 0.654. The standard InChI is InChI=1S/C22H23N5O3/c1-14(15-6-5-9-23-12-15)24-22-25-17(11-20(28)26-22)16-10-21(29)27(13-16)18-7-3-4-8-19(18)30-2/h3-9,11-12,14,16H,10,13H2,1-2H3,(H2,24,25,26,28)/t14-,16-/m0/s1. The molecule has 1 aliphatic heterocycles. The van der Waals surface area contributed by atoms with E-state index >= 15 is 0 Å². The second kappa shape index (κ2) is 8.36. The van der Waals surface area contributed by atoms with Gasteiger partial charge in [0.1, 0.15) is 5.75 Å². The van der Waals surface area contributed by atoms with Gasteiger partial charge in [-0.25, -0.2) is 4.98 Å². The van der Waals surface area contributed by atoms with Crippen molar-refractivity contribution in [2.75, 3.05) is 23.9 Å². The minimum absolute atomic E-state index is 0.0233. The third-order valence-corrected chi connectivity index (χ3v) is 5.22. The van der Waals surface area contributed by atoms with Crippen LogP contribution in [0.5, 0.6) is 5.75 Å². The molecule has 2 N–H and O–H groups in total. The Hall–Kier alpha value is -3.68. The van der Waals surface area contributed by atoms with Crippen LogP contribution in [0.2, 0.25) is 0 Å². The minimum Gasteiger partial charge on any atom is -0.495 e. The van der Waals surface area contributed by atoms with Crippen molar-refractivity contribution >= 4 is 17.5 Å². The number of pyridine rings is 1. The van der Waals surface area contributed by atoms with E-state index in [1.807, 2.05) is 43.3 Å². The van der Waals surface area contributed by atoms with E-state index < -0.39 is 0 Å². The summed E-state index contributed by atoms with van der Waals surface area (Å²) in [5.74, 6) is 0.804. The number of carbonyl (C=O) groups is 1. The molecule has 0 bridgehead atoms. The molecule has 30 heavy (non-hydrogen) atoms.